The third-order valence-electron chi connectivity index (χ3n) is 15.7. The van der Waals surface area contributed by atoms with E-state index in [9.17, 15) is 39.9 Å². The zero-order valence-electron chi connectivity index (χ0n) is 42.0. The number of phenols is 2. The number of ketones is 3. The highest BCUT2D eigenvalue weighted by Crippen LogP contribution is 2.53. The molecule has 2 aliphatic carbocycles. The number of aliphatic hydroxyl groups is 3. The van der Waals surface area contributed by atoms with Gasteiger partial charge in [0.15, 0.2) is 41.2 Å². The summed E-state index contributed by atoms with van der Waals surface area (Å²) in [5.41, 5.74) is 1.45. The highest BCUT2D eigenvalue weighted by Gasteiger charge is 2.50. The Kier molecular flexibility index (Phi) is 10.9. The third-order valence-corrected chi connectivity index (χ3v) is 15.7. The third kappa shape index (κ3) is 7.36. The molecular formula is C59H45N9O11. The van der Waals surface area contributed by atoms with Crippen LogP contribution in [-0.4, -0.2) is 127 Å². The highest BCUT2D eigenvalue weighted by atomic mass is 16.7. The van der Waals surface area contributed by atoms with Crippen molar-refractivity contribution in [2.45, 2.75) is 62.4 Å². The number of nitrogens with zero attached hydrogens (tertiary/aromatic N) is 6. The number of aromatic nitrogens is 8. The van der Waals surface area contributed by atoms with Crippen LogP contribution >= 0.6 is 0 Å². The van der Waals surface area contributed by atoms with E-state index < -0.39 is 95.7 Å². The summed E-state index contributed by atoms with van der Waals surface area (Å²) in [4.78, 5) is 79.3. The number of ether oxygens (including phenoxy) is 3. The quantitative estimate of drug-likeness (QED) is 0.0724. The summed E-state index contributed by atoms with van der Waals surface area (Å²) < 4.78 is 18.3. The first-order valence-electron chi connectivity index (χ1n) is 25.5. The van der Waals surface area contributed by atoms with Crippen LogP contribution in [0, 0.1) is 0 Å². The van der Waals surface area contributed by atoms with Crippen molar-refractivity contribution in [1.82, 2.24) is 39.9 Å². The van der Waals surface area contributed by atoms with Crippen LogP contribution in [0.4, 0.5) is 5.69 Å². The van der Waals surface area contributed by atoms with Gasteiger partial charge in [-0.15, -0.1) is 0 Å². The molecule has 79 heavy (non-hydrogen) atoms. The molecule has 20 nitrogen and oxygen atoms in total. The number of aromatic hydroxyl groups is 2. The van der Waals surface area contributed by atoms with E-state index in [-0.39, 0.29) is 34.4 Å². The smallest absolute Gasteiger partial charge is 0.202 e. The first-order valence-corrected chi connectivity index (χ1v) is 25.5. The standard InChI is InChI=1S/C59H45N9O11/c1-25-46(71)36(21-40(78-25)79-38-23-59(76,39(70)24-69)22-34-43(38)50(75)45-44(48(34)73)47(72)32-17-10-20-37(77-2)42(32)49(45)74)60-35-19-9-18-33-41(35)58-67-56-31-16-8-7-15-30(31)54(65-56)63-52-27-12-4-3-11-26(27)51(61-52)62-53-28-13-5-6-14-29(28)55(64-53)66-57(33)68-58/h3-20,25,36,38,40,46,60,69,71,73,75-76H,21-24H2,1-2H3,(H2,61,62,63,64,65,66,67,68)/t25?,36?,38-,40?,46?,59-/m0/s1. The molecule has 6 heterocycles. The van der Waals surface area contributed by atoms with Crippen molar-refractivity contribution >= 4 is 67.2 Å². The van der Waals surface area contributed by atoms with Crippen molar-refractivity contribution in [3.05, 3.63) is 143 Å². The van der Waals surface area contributed by atoms with Crippen molar-refractivity contribution in [3.8, 4) is 62.8 Å². The zero-order chi connectivity index (χ0) is 54.2. The second-order valence-corrected chi connectivity index (χ2v) is 20.2. The molecule has 4 unspecified atom stereocenters. The van der Waals surface area contributed by atoms with Gasteiger partial charge in [0.05, 0.1) is 47.4 Å². The predicted molar refractivity (Wildman–Crippen MR) is 287 cm³/mol. The molecule has 0 spiro atoms. The molecule has 20 heteroatoms. The summed E-state index contributed by atoms with van der Waals surface area (Å²) in [5, 5.41) is 64.5. The van der Waals surface area contributed by atoms with Gasteiger partial charge in [0.25, 0.3) is 0 Å². The lowest BCUT2D eigenvalue weighted by Crippen LogP contribution is -2.52. The van der Waals surface area contributed by atoms with Crippen LogP contribution < -0.4 is 10.1 Å². The van der Waals surface area contributed by atoms with Gasteiger partial charge in [-0.05, 0) is 19.1 Å². The van der Waals surface area contributed by atoms with E-state index in [1.807, 2.05) is 91.0 Å². The number of rotatable bonds is 7. The van der Waals surface area contributed by atoms with Gasteiger partial charge in [0, 0.05) is 80.1 Å². The van der Waals surface area contributed by atoms with Crippen LogP contribution in [0.25, 0.3) is 89.7 Å². The molecule has 0 saturated carbocycles. The molecule has 8 bridgehead atoms. The fourth-order valence-electron chi connectivity index (χ4n) is 11.9. The summed E-state index contributed by atoms with van der Waals surface area (Å²) in [6.07, 6.45) is -6.10. The van der Waals surface area contributed by atoms with Gasteiger partial charge in [-0.1, -0.05) is 97.1 Å². The maximum absolute atomic E-state index is 14.3. The van der Waals surface area contributed by atoms with Crippen LogP contribution in [0.1, 0.15) is 68.8 Å². The Bertz CT molecular complexity index is 4340. The minimum absolute atomic E-state index is 0.0664. The molecule has 3 aromatic heterocycles. The number of benzene rings is 6. The van der Waals surface area contributed by atoms with Crippen molar-refractivity contribution in [2.24, 2.45) is 0 Å². The highest BCUT2D eigenvalue weighted by molar-refractivity contribution is 6.31. The number of carbonyl (C=O) groups excluding carboxylic acids is 3. The molecule has 6 atom stereocenters. The molecule has 14 rings (SSSR count). The average Bonchev–Trinajstić information content (AvgIpc) is 3.60. The fourth-order valence-corrected chi connectivity index (χ4v) is 11.9. The number of hydrogen-bond donors (Lipinski definition) is 8. The van der Waals surface area contributed by atoms with E-state index in [4.69, 9.17) is 44.1 Å². The SMILES string of the molecule is COc1cccc2c1C(=O)c1c(O)c3c(c(O)c1C2=O)C[C@@](O)(C(=O)CO)C[C@@H]3OC1CC(Nc2cccc3c4nc5nc(nc6[nH]c(nc7nc(nc([nH]4)c23)-c2ccccc2-7)c2ccccc62)-c2ccccc2-5)C(O)C(C)O1. The minimum Gasteiger partial charge on any atom is -0.507 e. The molecule has 8 N–H and O–H groups in total. The van der Waals surface area contributed by atoms with Crippen molar-refractivity contribution < 1.29 is 54.1 Å². The number of H-pyrrole nitrogens is 2. The van der Waals surface area contributed by atoms with Crippen LogP contribution in [0.3, 0.4) is 0 Å². The average molecular weight is 1060 g/mol. The molecule has 392 valence electrons. The second kappa shape index (κ2) is 17.9. The number of methoxy groups -OCH3 is 1. The number of carbonyl (C=O) groups is 3. The number of phenolic OH excluding ortho intramolecular Hbond substituents is 2. The Hall–Kier alpha value is -9.31. The molecule has 3 aliphatic heterocycles. The molecule has 1 fully saturated rings. The first-order chi connectivity index (χ1) is 38.3. The molecular weight excluding hydrogens is 1010 g/mol. The van der Waals surface area contributed by atoms with Gasteiger partial charge in [-0.2, -0.15) is 0 Å². The lowest BCUT2D eigenvalue weighted by atomic mass is 9.72. The van der Waals surface area contributed by atoms with Crippen molar-refractivity contribution in [3.63, 3.8) is 0 Å². The Morgan fingerprint density at radius 1 is 0.684 bits per heavy atom. The van der Waals surface area contributed by atoms with Crippen molar-refractivity contribution in [1.29, 1.82) is 0 Å². The maximum Gasteiger partial charge on any atom is 0.202 e. The number of Topliss-reactive ketones (excluding diaryl/α,β-unsaturated/α-hetero) is 1. The molecule has 0 radical (unpaired) electrons. The van der Waals surface area contributed by atoms with Gasteiger partial charge in [-0.3, -0.25) is 14.4 Å². The normalized spacial score (nSPS) is 21.0. The maximum atomic E-state index is 14.3. The van der Waals surface area contributed by atoms with E-state index in [1.54, 1.807) is 6.92 Å². The monoisotopic (exact) mass is 1060 g/mol. The van der Waals surface area contributed by atoms with E-state index in [1.165, 1.54) is 25.3 Å². The summed E-state index contributed by atoms with van der Waals surface area (Å²) in [6.45, 7) is 0.555. The predicted octanol–water partition coefficient (Wildman–Crippen LogP) is 7.34. The van der Waals surface area contributed by atoms with E-state index >= 15 is 0 Å². The lowest BCUT2D eigenvalue weighted by Gasteiger charge is -2.43. The topological polar surface area (TPSA) is 301 Å². The number of aliphatic hydroxyl groups excluding tert-OH is 2. The number of anilines is 1. The summed E-state index contributed by atoms with van der Waals surface area (Å²) in [7, 11) is 1.33. The molecule has 0 amide bonds. The second-order valence-electron chi connectivity index (χ2n) is 20.2. The van der Waals surface area contributed by atoms with Gasteiger partial charge in [0.1, 0.15) is 58.1 Å². The van der Waals surface area contributed by atoms with Gasteiger partial charge < -0.3 is 55.0 Å². The fraction of sp³-hybridized carbons (Fsp3) is 0.203. The summed E-state index contributed by atoms with van der Waals surface area (Å²) in [6, 6.07) is 32.3. The van der Waals surface area contributed by atoms with E-state index in [2.05, 4.69) is 15.3 Å². The van der Waals surface area contributed by atoms with Gasteiger partial charge >= 0.3 is 0 Å². The zero-order valence-corrected chi connectivity index (χ0v) is 42.0. The molecule has 6 aromatic carbocycles. The van der Waals surface area contributed by atoms with Gasteiger partial charge in [-0.25, -0.2) is 29.9 Å². The first kappa shape index (κ1) is 48.1. The summed E-state index contributed by atoms with van der Waals surface area (Å²) >= 11 is 0. The number of nitrogens with one attached hydrogen (secondary N) is 3. The van der Waals surface area contributed by atoms with Crippen LogP contribution in [0.5, 0.6) is 17.2 Å². The van der Waals surface area contributed by atoms with Crippen molar-refractivity contribution in [2.75, 3.05) is 19.0 Å². The van der Waals surface area contributed by atoms with Crippen LogP contribution in [0.15, 0.2) is 109 Å². The Labute approximate surface area is 446 Å². The summed E-state index contributed by atoms with van der Waals surface area (Å²) in [5.74, 6) is -2.36. The van der Waals surface area contributed by atoms with Gasteiger partial charge in [0.2, 0.25) is 5.78 Å². The molecule has 9 aromatic rings. The number of fused-ring (bicyclic) bond motifs is 23. The number of hydrogen-bond acceptors (Lipinski definition) is 18. The van der Waals surface area contributed by atoms with Crippen LogP contribution in [-0.2, 0) is 20.7 Å². The number of aromatic amines is 2. The van der Waals surface area contributed by atoms with E-state index in [0.29, 0.717) is 62.3 Å². The largest absolute Gasteiger partial charge is 0.507 e. The molecule has 5 aliphatic rings. The minimum atomic E-state index is -2.37. The Morgan fingerprint density at radius 2 is 1.22 bits per heavy atom. The van der Waals surface area contributed by atoms with Crippen LogP contribution in [0.2, 0.25) is 0 Å². The molecule has 1 saturated heterocycles. The van der Waals surface area contributed by atoms with E-state index in [0.717, 1.165) is 33.0 Å². The Morgan fingerprint density at radius 3 is 1.82 bits per heavy atom. The Balaban J connectivity index is 0.893. The lowest BCUT2D eigenvalue weighted by molar-refractivity contribution is -0.245.